The van der Waals surface area contributed by atoms with Gasteiger partial charge in [0.1, 0.15) is 11.2 Å². The van der Waals surface area contributed by atoms with Gasteiger partial charge in [-0.25, -0.2) is 0 Å². The zero-order valence-electron chi connectivity index (χ0n) is 28.8. The summed E-state index contributed by atoms with van der Waals surface area (Å²) in [5.74, 6) is 0. The summed E-state index contributed by atoms with van der Waals surface area (Å²) in [5.41, 5.74) is 15.8. The van der Waals surface area contributed by atoms with E-state index in [0.29, 0.717) is 0 Å². The molecule has 0 bridgehead atoms. The molecule has 1 aliphatic carbocycles. The van der Waals surface area contributed by atoms with Crippen molar-refractivity contribution in [3.8, 4) is 33.4 Å². The quantitative estimate of drug-likeness (QED) is 0.176. The average Bonchev–Trinajstić information content (AvgIpc) is 3.73. The van der Waals surface area contributed by atoms with E-state index in [2.05, 4.69) is 200 Å². The number of anilines is 3. The van der Waals surface area contributed by atoms with Crippen LogP contribution >= 0.6 is 0 Å². The van der Waals surface area contributed by atoms with Crippen molar-refractivity contribution in [3.05, 3.63) is 211 Å². The summed E-state index contributed by atoms with van der Waals surface area (Å²) in [6, 6.07) is 69.9. The van der Waals surface area contributed by atoms with Gasteiger partial charge in [-0.1, -0.05) is 158 Å². The summed E-state index contributed by atoms with van der Waals surface area (Å²) in [6.07, 6.45) is 0. The van der Waals surface area contributed by atoms with Crippen LogP contribution in [0, 0.1) is 0 Å². The maximum Gasteiger partial charge on any atom is 0.143 e. The van der Waals surface area contributed by atoms with E-state index >= 15 is 0 Å². The third-order valence-corrected chi connectivity index (χ3v) is 11.0. The first-order valence-electron chi connectivity index (χ1n) is 17.9. The Hall–Kier alpha value is -6.64. The van der Waals surface area contributed by atoms with E-state index in [1.165, 1.54) is 38.9 Å². The molecule has 0 N–H and O–H groups in total. The molecule has 0 saturated carbocycles. The van der Waals surface area contributed by atoms with Crippen LogP contribution in [0.5, 0.6) is 0 Å². The maximum atomic E-state index is 6.60. The van der Waals surface area contributed by atoms with Crippen molar-refractivity contribution in [1.29, 1.82) is 0 Å². The first-order chi connectivity index (χ1) is 25.7. The van der Waals surface area contributed by atoms with E-state index in [-0.39, 0.29) is 5.41 Å². The van der Waals surface area contributed by atoms with Crippen LogP contribution in [-0.2, 0) is 5.41 Å². The molecule has 9 aromatic rings. The van der Waals surface area contributed by atoms with Gasteiger partial charge in [0.15, 0.2) is 0 Å². The Morgan fingerprint density at radius 2 is 1.02 bits per heavy atom. The van der Waals surface area contributed by atoms with Gasteiger partial charge in [-0.3, -0.25) is 0 Å². The van der Waals surface area contributed by atoms with Crippen molar-refractivity contribution in [1.82, 2.24) is 0 Å². The van der Waals surface area contributed by atoms with Gasteiger partial charge in [0, 0.05) is 38.7 Å². The maximum absolute atomic E-state index is 6.60. The zero-order valence-corrected chi connectivity index (χ0v) is 28.8. The molecule has 1 atom stereocenters. The first-order valence-corrected chi connectivity index (χ1v) is 17.9. The number of benzene rings is 8. The molecular formula is C50H35NO. The predicted octanol–water partition coefficient (Wildman–Crippen LogP) is 13.7. The fraction of sp³-hybridized carbons (Fsp3) is 0.0400. The highest BCUT2D eigenvalue weighted by Crippen LogP contribution is 2.54. The largest absolute Gasteiger partial charge is 0.455 e. The van der Waals surface area contributed by atoms with Crippen LogP contribution in [0.1, 0.15) is 23.6 Å². The van der Waals surface area contributed by atoms with Gasteiger partial charge >= 0.3 is 0 Å². The van der Waals surface area contributed by atoms with Gasteiger partial charge < -0.3 is 9.32 Å². The highest BCUT2D eigenvalue weighted by Gasteiger charge is 2.41. The summed E-state index contributed by atoms with van der Waals surface area (Å²) in [4.78, 5) is 2.42. The molecule has 246 valence electrons. The van der Waals surface area contributed by atoms with Gasteiger partial charge in [0.25, 0.3) is 0 Å². The molecule has 2 heteroatoms. The lowest BCUT2D eigenvalue weighted by atomic mass is 9.74. The Labute approximate surface area is 303 Å². The molecule has 1 unspecified atom stereocenters. The lowest BCUT2D eigenvalue weighted by Gasteiger charge is -2.31. The SMILES string of the molecule is CC1(c2ccccc2)c2ccccc2-c2ccc(N(c3ccc(-c4ccccc4)cc3)c3ccccc3-c3cccc4c3oc3ccccc34)cc21. The molecule has 8 aromatic carbocycles. The highest BCUT2D eigenvalue weighted by molar-refractivity contribution is 6.10. The third kappa shape index (κ3) is 4.65. The van der Waals surface area contributed by atoms with Crippen LogP contribution in [0.2, 0.25) is 0 Å². The van der Waals surface area contributed by atoms with Crippen molar-refractivity contribution >= 4 is 39.0 Å². The van der Waals surface area contributed by atoms with Gasteiger partial charge in [0.2, 0.25) is 0 Å². The molecule has 0 saturated heterocycles. The van der Waals surface area contributed by atoms with E-state index < -0.39 is 0 Å². The standard InChI is InChI=1S/C50H35NO/c1-50(36-17-6-3-7-18-36)45-24-11-8-19-39(45)40-32-31-38(33-46(40)50)51(37-29-27-35(28-30-37)34-15-4-2-5-16-34)47-25-12-9-20-41(47)43-22-14-23-44-42-21-10-13-26-48(42)52-49(43)44/h2-33H,1H3. The van der Waals surface area contributed by atoms with Crippen molar-refractivity contribution in [2.75, 3.05) is 4.90 Å². The first kappa shape index (κ1) is 30.2. The van der Waals surface area contributed by atoms with Crippen LogP contribution in [0.3, 0.4) is 0 Å². The Kier molecular flexibility index (Phi) is 6.97. The second kappa shape index (κ2) is 12.0. The Morgan fingerprint density at radius 3 is 1.85 bits per heavy atom. The second-order valence-corrected chi connectivity index (χ2v) is 13.8. The molecule has 1 aromatic heterocycles. The van der Waals surface area contributed by atoms with Crippen LogP contribution in [-0.4, -0.2) is 0 Å². The van der Waals surface area contributed by atoms with Crippen molar-refractivity contribution < 1.29 is 4.42 Å². The number of hydrogen-bond donors (Lipinski definition) is 0. The minimum absolute atomic E-state index is 0.314. The fourth-order valence-corrected chi connectivity index (χ4v) is 8.42. The van der Waals surface area contributed by atoms with E-state index in [0.717, 1.165) is 50.1 Å². The Balaban J connectivity index is 1.21. The lowest BCUT2D eigenvalue weighted by Crippen LogP contribution is -2.22. The van der Waals surface area contributed by atoms with Gasteiger partial charge in [0.05, 0.1) is 5.69 Å². The summed E-state index contributed by atoms with van der Waals surface area (Å²) in [5, 5.41) is 2.25. The zero-order chi connectivity index (χ0) is 34.6. The monoisotopic (exact) mass is 665 g/mol. The molecule has 0 amide bonds. The van der Waals surface area contributed by atoms with Crippen LogP contribution < -0.4 is 4.90 Å². The predicted molar refractivity (Wildman–Crippen MR) is 217 cm³/mol. The third-order valence-electron chi connectivity index (χ3n) is 11.0. The van der Waals surface area contributed by atoms with Crippen molar-refractivity contribution in [2.45, 2.75) is 12.3 Å². The number of rotatable bonds is 6. The number of fused-ring (bicyclic) bond motifs is 6. The molecule has 52 heavy (non-hydrogen) atoms. The topological polar surface area (TPSA) is 16.4 Å². The summed E-state index contributed by atoms with van der Waals surface area (Å²) in [7, 11) is 0. The van der Waals surface area contributed by atoms with Gasteiger partial charge in [-0.15, -0.1) is 0 Å². The molecule has 0 radical (unpaired) electrons. The van der Waals surface area contributed by atoms with Gasteiger partial charge in [-0.2, -0.15) is 0 Å². The lowest BCUT2D eigenvalue weighted by molar-refractivity contribution is 0.670. The second-order valence-electron chi connectivity index (χ2n) is 13.8. The normalized spacial score (nSPS) is 14.7. The van der Waals surface area contributed by atoms with Crippen LogP contribution in [0.4, 0.5) is 17.1 Å². The molecule has 0 aliphatic heterocycles. The van der Waals surface area contributed by atoms with E-state index in [1.54, 1.807) is 0 Å². The molecule has 0 spiro atoms. The Morgan fingerprint density at radius 1 is 0.423 bits per heavy atom. The molecule has 1 heterocycles. The van der Waals surface area contributed by atoms with E-state index in [1.807, 2.05) is 6.07 Å². The van der Waals surface area contributed by atoms with Crippen LogP contribution in [0.25, 0.3) is 55.3 Å². The summed E-state index contributed by atoms with van der Waals surface area (Å²) >= 11 is 0. The fourth-order valence-electron chi connectivity index (χ4n) is 8.42. The number of furan rings is 1. The van der Waals surface area contributed by atoms with Crippen molar-refractivity contribution in [3.63, 3.8) is 0 Å². The molecular weight excluding hydrogens is 631 g/mol. The van der Waals surface area contributed by atoms with E-state index in [9.17, 15) is 0 Å². The number of para-hydroxylation sites is 3. The molecule has 1 aliphatic rings. The smallest absolute Gasteiger partial charge is 0.143 e. The molecule has 2 nitrogen and oxygen atoms in total. The number of hydrogen-bond acceptors (Lipinski definition) is 2. The minimum Gasteiger partial charge on any atom is -0.455 e. The van der Waals surface area contributed by atoms with E-state index in [4.69, 9.17) is 4.42 Å². The Bertz CT molecular complexity index is 2740. The highest BCUT2D eigenvalue weighted by atomic mass is 16.3. The molecule has 0 fully saturated rings. The molecule has 10 rings (SSSR count). The number of nitrogens with zero attached hydrogens (tertiary/aromatic N) is 1. The summed E-state index contributed by atoms with van der Waals surface area (Å²) in [6.45, 7) is 2.38. The minimum atomic E-state index is -0.314. The average molecular weight is 666 g/mol. The van der Waals surface area contributed by atoms with Crippen molar-refractivity contribution in [2.24, 2.45) is 0 Å². The van der Waals surface area contributed by atoms with Crippen LogP contribution in [0.15, 0.2) is 199 Å². The summed E-state index contributed by atoms with van der Waals surface area (Å²) < 4.78 is 6.60. The van der Waals surface area contributed by atoms with Gasteiger partial charge in [-0.05, 0) is 82.3 Å².